The van der Waals surface area contributed by atoms with E-state index >= 15 is 0 Å². The van der Waals surface area contributed by atoms with Gasteiger partial charge in [0, 0.05) is 18.4 Å². The summed E-state index contributed by atoms with van der Waals surface area (Å²) in [5.41, 5.74) is 7.15. The first-order chi connectivity index (χ1) is 9.03. The quantitative estimate of drug-likeness (QED) is 0.870. The molecule has 5 nitrogen and oxygen atoms in total. The second-order valence-corrected chi connectivity index (χ2v) is 6.26. The number of anilines is 2. The second-order valence-electron chi connectivity index (χ2n) is 6.26. The van der Waals surface area contributed by atoms with Gasteiger partial charge in [0.1, 0.15) is 5.82 Å². The molecule has 3 rings (SSSR count). The first-order valence-electron chi connectivity index (χ1n) is 6.89. The fourth-order valence-electron chi connectivity index (χ4n) is 2.78. The third-order valence-corrected chi connectivity index (χ3v) is 4.07. The van der Waals surface area contributed by atoms with E-state index in [1.807, 2.05) is 10.6 Å². The van der Waals surface area contributed by atoms with Crippen LogP contribution in [0.15, 0.2) is 18.6 Å². The number of nitrogens with zero attached hydrogens (tertiary/aromatic N) is 3. The Labute approximate surface area is 113 Å². The number of nitrogens with two attached hydrogens (primary N) is 1. The normalized spacial score (nSPS) is 19.7. The largest absolute Gasteiger partial charge is 0.382 e. The molecular formula is C14H21N5. The van der Waals surface area contributed by atoms with Crippen LogP contribution < -0.4 is 11.1 Å². The maximum absolute atomic E-state index is 5.83. The lowest BCUT2D eigenvalue weighted by Crippen LogP contribution is -2.30. The topological polar surface area (TPSA) is 68.2 Å². The van der Waals surface area contributed by atoms with Gasteiger partial charge in [-0.3, -0.25) is 0 Å². The Morgan fingerprint density at radius 3 is 2.84 bits per heavy atom. The summed E-state index contributed by atoms with van der Waals surface area (Å²) in [7, 11) is 0. The molecule has 0 atom stereocenters. The standard InChI is InChI=1S/C14H21N5/c1-14(2)5-3-10(4-6-14)17-12-13-16-7-8-19(13)9-11(15)18-12/h7-10H,3-6,15H2,1-2H3,(H,17,18). The maximum Gasteiger partial charge on any atom is 0.180 e. The predicted octanol–water partition coefficient (Wildman–Crippen LogP) is 2.69. The molecule has 1 aliphatic carbocycles. The molecule has 1 fully saturated rings. The number of aromatic nitrogens is 3. The third kappa shape index (κ3) is 2.50. The number of fused-ring (bicyclic) bond motifs is 1. The smallest absolute Gasteiger partial charge is 0.180 e. The Balaban J connectivity index is 1.80. The lowest BCUT2D eigenvalue weighted by atomic mass is 9.75. The van der Waals surface area contributed by atoms with E-state index in [-0.39, 0.29) is 0 Å². The number of nitrogen functional groups attached to an aromatic ring is 1. The first-order valence-corrected chi connectivity index (χ1v) is 6.89. The zero-order valence-electron chi connectivity index (χ0n) is 11.6. The van der Waals surface area contributed by atoms with Crippen molar-refractivity contribution in [3.63, 3.8) is 0 Å². The molecule has 2 aromatic heterocycles. The van der Waals surface area contributed by atoms with Crippen LogP contribution in [0.25, 0.3) is 5.65 Å². The van der Waals surface area contributed by atoms with E-state index in [0.717, 1.165) is 11.5 Å². The third-order valence-electron chi connectivity index (χ3n) is 4.07. The summed E-state index contributed by atoms with van der Waals surface area (Å²) in [5, 5.41) is 3.51. The van der Waals surface area contributed by atoms with Crippen molar-refractivity contribution in [2.75, 3.05) is 11.1 Å². The fourth-order valence-corrected chi connectivity index (χ4v) is 2.78. The van der Waals surface area contributed by atoms with Crippen LogP contribution in [0.4, 0.5) is 11.6 Å². The van der Waals surface area contributed by atoms with Gasteiger partial charge in [-0.2, -0.15) is 0 Å². The molecule has 3 N–H and O–H groups in total. The summed E-state index contributed by atoms with van der Waals surface area (Å²) in [6.07, 6.45) is 10.3. The number of rotatable bonds is 2. The average molecular weight is 259 g/mol. The summed E-state index contributed by atoms with van der Waals surface area (Å²) < 4.78 is 1.91. The van der Waals surface area contributed by atoms with Gasteiger partial charge in [-0.1, -0.05) is 13.8 Å². The van der Waals surface area contributed by atoms with Gasteiger partial charge in [0.2, 0.25) is 0 Å². The summed E-state index contributed by atoms with van der Waals surface area (Å²) >= 11 is 0. The monoisotopic (exact) mass is 259 g/mol. The van der Waals surface area contributed by atoms with Gasteiger partial charge in [0.15, 0.2) is 11.5 Å². The summed E-state index contributed by atoms with van der Waals surface area (Å²) in [5.74, 6) is 1.32. The number of hydrogen-bond acceptors (Lipinski definition) is 4. The van der Waals surface area contributed by atoms with Gasteiger partial charge >= 0.3 is 0 Å². The minimum atomic E-state index is 0.475. The van der Waals surface area contributed by atoms with Gasteiger partial charge < -0.3 is 15.5 Å². The van der Waals surface area contributed by atoms with Gasteiger partial charge in [0.25, 0.3) is 0 Å². The Bertz CT molecular complexity index is 577. The zero-order chi connectivity index (χ0) is 13.5. The van der Waals surface area contributed by atoms with E-state index in [9.17, 15) is 0 Å². The van der Waals surface area contributed by atoms with Gasteiger partial charge in [-0.05, 0) is 31.1 Å². The van der Waals surface area contributed by atoms with E-state index < -0.39 is 0 Å². The van der Waals surface area contributed by atoms with Crippen molar-refractivity contribution in [2.24, 2.45) is 5.41 Å². The summed E-state index contributed by atoms with van der Waals surface area (Å²) in [4.78, 5) is 8.72. The molecule has 0 spiro atoms. The van der Waals surface area contributed by atoms with Crippen LogP contribution in [0.5, 0.6) is 0 Å². The van der Waals surface area contributed by atoms with E-state index in [0.29, 0.717) is 17.3 Å². The molecule has 102 valence electrons. The van der Waals surface area contributed by atoms with Crippen molar-refractivity contribution in [2.45, 2.75) is 45.6 Å². The molecule has 1 aliphatic rings. The van der Waals surface area contributed by atoms with Crippen LogP contribution in [0.3, 0.4) is 0 Å². The van der Waals surface area contributed by atoms with Crippen molar-refractivity contribution in [1.29, 1.82) is 0 Å². The second kappa shape index (κ2) is 4.40. The van der Waals surface area contributed by atoms with E-state index in [4.69, 9.17) is 5.73 Å². The van der Waals surface area contributed by atoms with Crippen LogP contribution in [-0.2, 0) is 0 Å². The minimum absolute atomic E-state index is 0.475. The highest BCUT2D eigenvalue weighted by molar-refractivity contribution is 5.65. The highest BCUT2D eigenvalue weighted by Crippen LogP contribution is 2.36. The molecule has 0 bridgehead atoms. The van der Waals surface area contributed by atoms with Crippen LogP contribution in [-0.4, -0.2) is 20.4 Å². The zero-order valence-corrected chi connectivity index (χ0v) is 11.6. The molecule has 0 aromatic carbocycles. The van der Waals surface area contributed by atoms with E-state index in [1.54, 1.807) is 12.4 Å². The molecule has 0 radical (unpaired) electrons. The minimum Gasteiger partial charge on any atom is -0.382 e. The lowest BCUT2D eigenvalue weighted by Gasteiger charge is -2.34. The summed E-state index contributed by atoms with van der Waals surface area (Å²) in [6.45, 7) is 4.68. The van der Waals surface area contributed by atoms with Crippen LogP contribution >= 0.6 is 0 Å². The molecule has 5 heteroatoms. The molecule has 0 amide bonds. The summed E-state index contributed by atoms with van der Waals surface area (Å²) in [6, 6.07) is 0.475. The highest BCUT2D eigenvalue weighted by atomic mass is 15.1. The van der Waals surface area contributed by atoms with Gasteiger partial charge in [-0.25, -0.2) is 9.97 Å². The number of hydrogen-bond donors (Lipinski definition) is 2. The lowest BCUT2D eigenvalue weighted by molar-refractivity contribution is 0.232. The van der Waals surface area contributed by atoms with Crippen LogP contribution in [0, 0.1) is 5.41 Å². The molecule has 2 heterocycles. The highest BCUT2D eigenvalue weighted by Gasteiger charge is 2.27. The van der Waals surface area contributed by atoms with Crippen molar-refractivity contribution >= 4 is 17.3 Å². The van der Waals surface area contributed by atoms with E-state index in [1.165, 1.54) is 25.7 Å². The van der Waals surface area contributed by atoms with Crippen molar-refractivity contribution < 1.29 is 0 Å². The molecule has 19 heavy (non-hydrogen) atoms. The Hall–Kier alpha value is -1.78. The van der Waals surface area contributed by atoms with Crippen LogP contribution in [0.1, 0.15) is 39.5 Å². The molecule has 0 saturated heterocycles. The van der Waals surface area contributed by atoms with Crippen molar-refractivity contribution in [3.8, 4) is 0 Å². The van der Waals surface area contributed by atoms with Gasteiger partial charge in [-0.15, -0.1) is 0 Å². The maximum atomic E-state index is 5.83. The fraction of sp³-hybridized carbons (Fsp3) is 0.571. The SMILES string of the molecule is CC1(C)CCC(Nc2nc(N)cn3ccnc23)CC1. The predicted molar refractivity (Wildman–Crippen MR) is 77.1 cm³/mol. The van der Waals surface area contributed by atoms with Crippen molar-refractivity contribution in [3.05, 3.63) is 18.6 Å². The molecule has 1 saturated carbocycles. The molecule has 0 unspecified atom stereocenters. The van der Waals surface area contributed by atoms with Crippen LogP contribution in [0.2, 0.25) is 0 Å². The number of nitrogens with one attached hydrogen (secondary N) is 1. The first kappa shape index (κ1) is 12.3. The Morgan fingerprint density at radius 1 is 1.37 bits per heavy atom. The molecule has 0 aliphatic heterocycles. The Morgan fingerprint density at radius 2 is 2.11 bits per heavy atom. The van der Waals surface area contributed by atoms with E-state index in [2.05, 4.69) is 29.1 Å². The molecular weight excluding hydrogens is 238 g/mol. The molecule has 2 aromatic rings. The van der Waals surface area contributed by atoms with Crippen molar-refractivity contribution in [1.82, 2.24) is 14.4 Å². The van der Waals surface area contributed by atoms with Gasteiger partial charge in [0.05, 0.1) is 6.20 Å². The Kier molecular flexibility index (Phi) is 2.84. The average Bonchev–Trinajstić information content (AvgIpc) is 2.80. The number of imidazole rings is 1.